The van der Waals surface area contributed by atoms with Crippen molar-refractivity contribution in [3.63, 3.8) is 0 Å². The van der Waals surface area contributed by atoms with Crippen LogP contribution in [0.4, 0.5) is 0 Å². The number of aliphatic hydroxyl groups is 1. The van der Waals surface area contributed by atoms with Gasteiger partial charge in [-0.15, -0.1) is 0 Å². The van der Waals surface area contributed by atoms with E-state index in [0.29, 0.717) is 19.8 Å². The van der Waals surface area contributed by atoms with E-state index in [1.54, 1.807) is 0 Å². The van der Waals surface area contributed by atoms with Crippen molar-refractivity contribution in [2.75, 3.05) is 46.1 Å². The summed E-state index contributed by atoms with van der Waals surface area (Å²) in [6.07, 6.45) is 2.41. The molecule has 2 aliphatic rings. The van der Waals surface area contributed by atoms with Gasteiger partial charge < -0.3 is 19.3 Å². The minimum Gasteiger partial charge on any atom is -0.486 e. The Hall–Kier alpha value is -1.30. The molecule has 1 aromatic carbocycles. The summed E-state index contributed by atoms with van der Waals surface area (Å²) in [6, 6.07) is 7.85. The third kappa shape index (κ3) is 4.37. The SMILES string of the molecule is CC1(COCCO)CCCN(CC2COc3ccccc3O2)C1. The Labute approximate surface area is 138 Å². The number of hydrogen-bond donors (Lipinski definition) is 1. The average Bonchev–Trinajstić information content (AvgIpc) is 2.55. The summed E-state index contributed by atoms with van der Waals surface area (Å²) in [4.78, 5) is 2.45. The van der Waals surface area contributed by atoms with Gasteiger partial charge in [0, 0.05) is 18.5 Å². The van der Waals surface area contributed by atoms with Crippen LogP contribution in [0.15, 0.2) is 24.3 Å². The van der Waals surface area contributed by atoms with Crippen LogP contribution in [0.2, 0.25) is 0 Å². The molecule has 2 atom stereocenters. The summed E-state index contributed by atoms with van der Waals surface area (Å²) in [5.41, 5.74) is 0.154. The van der Waals surface area contributed by atoms with Crippen molar-refractivity contribution in [1.82, 2.24) is 4.90 Å². The molecule has 1 aromatic rings. The van der Waals surface area contributed by atoms with Crippen molar-refractivity contribution in [3.8, 4) is 11.5 Å². The van der Waals surface area contributed by atoms with Crippen molar-refractivity contribution >= 4 is 0 Å². The third-order valence-electron chi connectivity index (χ3n) is 4.58. The van der Waals surface area contributed by atoms with Crippen molar-refractivity contribution in [2.24, 2.45) is 5.41 Å². The molecule has 0 saturated carbocycles. The van der Waals surface area contributed by atoms with Crippen LogP contribution in [-0.4, -0.2) is 62.2 Å². The number of piperidine rings is 1. The Morgan fingerprint density at radius 1 is 1.35 bits per heavy atom. The Kier molecular flexibility index (Phi) is 5.41. The lowest BCUT2D eigenvalue weighted by atomic mass is 9.82. The van der Waals surface area contributed by atoms with Gasteiger partial charge in [0.2, 0.25) is 0 Å². The van der Waals surface area contributed by atoms with Crippen molar-refractivity contribution in [2.45, 2.75) is 25.9 Å². The number of fused-ring (bicyclic) bond motifs is 1. The molecule has 5 nitrogen and oxygen atoms in total. The molecular weight excluding hydrogens is 294 g/mol. The van der Waals surface area contributed by atoms with Crippen molar-refractivity contribution < 1.29 is 19.3 Å². The zero-order chi connectivity index (χ0) is 16.1. The Morgan fingerprint density at radius 2 is 2.17 bits per heavy atom. The molecule has 5 heteroatoms. The number of hydrogen-bond acceptors (Lipinski definition) is 5. The summed E-state index contributed by atoms with van der Waals surface area (Å²) in [6.45, 7) is 7.06. The van der Waals surface area contributed by atoms with Gasteiger partial charge in [-0.1, -0.05) is 19.1 Å². The zero-order valence-electron chi connectivity index (χ0n) is 13.9. The number of aliphatic hydroxyl groups excluding tert-OH is 1. The van der Waals surface area contributed by atoms with Gasteiger partial charge >= 0.3 is 0 Å². The fourth-order valence-corrected chi connectivity index (χ4v) is 3.53. The van der Waals surface area contributed by atoms with E-state index in [0.717, 1.165) is 31.1 Å². The Balaban J connectivity index is 1.52. The number of rotatable bonds is 6. The van der Waals surface area contributed by atoms with Crippen LogP contribution in [0.1, 0.15) is 19.8 Å². The monoisotopic (exact) mass is 321 g/mol. The molecule has 2 unspecified atom stereocenters. The van der Waals surface area contributed by atoms with E-state index in [1.165, 1.54) is 12.8 Å². The molecule has 3 rings (SSSR count). The minimum atomic E-state index is 0.0746. The van der Waals surface area contributed by atoms with E-state index < -0.39 is 0 Å². The molecule has 1 N–H and O–H groups in total. The van der Waals surface area contributed by atoms with E-state index in [4.69, 9.17) is 19.3 Å². The highest BCUT2D eigenvalue weighted by molar-refractivity contribution is 5.40. The van der Waals surface area contributed by atoms with Crippen LogP contribution < -0.4 is 9.47 Å². The molecule has 0 aliphatic carbocycles. The number of para-hydroxylation sites is 2. The van der Waals surface area contributed by atoms with Crippen molar-refractivity contribution in [3.05, 3.63) is 24.3 Å². The Bertz CT molecular complexity index is 510. The first-order valence-electron chi connectivity index (χ1n) is 8.48. The van der Waals surface area contributed by atoms with Crippen molar-refractivity contribution in [1.29, 1.82) is 0 Å². The second kappa shape index (κ2) is 7.51. The fourth-order valence-electron chi connectivity index (χ4n) is 3.53. The van der Waals surface area contributed by atoms with Gasteiger partial charge in [0.25, 0.3) is 0 Å². The first kappa shape index (κ1) is 16.6. The predicted molar refractivity (Wildman–Crippen MR) is 88.0 cm³/mol. The maximum atomic E-state index is 8.86. The number of nitrogens with zero attached hydrogens (tertiary/aromatic N) is 1. The lowest BCUT2D eigenvalue weighted by Gasteiger charge is -2.41. The molecule has 0 spiro atoms. The average molecular weight is 321 g/mol. The van der Waals surface area contributed by atoms with Crippen LogP contribution in [0.25, 0.3) is 0 Å². The number of likely N-dealkylation sites (tertiary alicyclic amines) is 1. The molecule has 128 valence electrons. The lowest BCUT2D eigenvalue weighted by Crippen LogP contribution is -2.49. The van der Waals surface area contributed by atoms with E-state index in [2.05, 4.69) is 11.8 Å². The van der Waals surface area contributed by atoms with Gasteiger partial charge in [-0.2, -0.15) is 0 Å². The summed E-state index contributed by atoms with van der Waals surface area (Å²) >= 11 is 0. The standard InChI is InChI=1S/C18H27NO4/c1-18(14-21-10-9-20)7-4-8-19(13-18)11-15-12-22-16-5-2-3-6-17(16)23-15/h2-3,5-6,15,20H,4,7-14H2,1H3. The first-order valence-corrected chi connectivity index (χ1v) is 8.48. The molecule has 2 heterocycles. The molecule has 23 heavy (non-hydrogen) atoms. The topological polar surface area (TPSA) is 51.2 Å². The highest BCUT2D eigenvalue weighted by Gasteiger charge is 2.33. The maximum Gasteiger partial charge on any atom is 0.161 e. The maximum absolute atomic E-state index is 8.86. The summed E-state index contributed by atoms with van der Waals surface area (Å²) in [7, 11) is 0. The largest absolute Gasteiger partial charge is 0.486 e. The molecule has 0 aromatic heterocycles. The number of ether oxygens (including phenoxy) is 3. The molecule has 0 amide bonds. The molecule has 0 radical (unpaired) electrons. The first-order chi connectivity index (χ1) is 11.2. The van der Waals surface area contributed by atoms with E-state index in [1.807, 2.05) is 24.3 Å². The molecular formula is C18H27NO4. The van der Waals surface area contributed by atoms with Crippen LogP contribution in [-0.2, 0) is 4.74 Å². The fraction of sp³-hybridized carbons (Fsp3) is 0.667. The van der Waals surface area contributed by atoms with Crippen LogP contribution in [0.3, 0.4) is 0 Å². The third-order valence-corrected chi connectivity index (χ3v) is 4.58. The minimum absolute atomic E-state index is 0.0746. The molecule has 0 bridgehead atoms. The van der Waals surface area contributed by atoms with Gasteiger partial charge in [0.1, 0.15) is 12.7 Å². The second-order valence-corrected chi connectivity index (χ2v) is 6.92. The van der Waals surface area contributed by atoms with E-state index in [9.17, 15) is 0 Å². The van der Waals surface area contributed by atoms with Gasteiger partial charge in [-0.25, -0.2) is 0 Å². The smallest absolute Gasteiger partial charge is 0.161 e. The normalized spacial score (nSPS) is 27.8. The molecule has 2 aliphatic heterocycles. The van der Waals surface area contributed by atoms with Gasteiger partial charge in [-0.3, -0.25) is 4.90 Å². The lowest BCUT2D eigenvalue weighted by molar-refractivity contribution is -0.0214. The highest BCUT2D eigenvalue weighted by Crippen LogP contribution is 2.33. The molecule has 1 fully saturated rings. The quantitative estimate of drug-likeness (QED) is 0.812. The zero-order valence-corrected chi connectivity index (χ0v) is 13.9. The van der Waals surface area contributed by atoms with Crippen LogP contribution in [0, 0.1) is 5.41 Å². The summed E-state index contributed by atoms with van der Waals surface area (Å²) < 4.78 is 17.5. The number of benzene rings is 1. The molecule has 1 saturated heterocycles. The van der Waals surface area contributed by atoms with Gasteiger partial charge in [-0.05, 0) is 31.5 Å². The van der Waals surface area contributed by atoms with Gasteiger partial charge in [0.05, 0.1) is 19.8 Å². The highest BCUT2D eigenvalue weighted by atomic mass is 16.6. The Morgan fingerprint density at radius 3 is 3.00 bits per heavy atom. The van der Waals surface area contributed by atoms with Gasteiger partial charge in [0.15, 0.2) is 11.5 Å². The van der Waals surface area contributed by atoms with E-state index in [-0.39, 0.29) is 18.1 Å². The summed E-state index contributed by atoms with van der Waals surface area (Å²) in [5.74, 6) is 1.68. The van der Waals surface area contributed by atoms with Crippen LogP contribution in [0.5, 0.6) is 11.5 Å². The van der Waals surface area contributed by atoms with E-state index >= 15 is 0 Å². The summed E-state index contributed by atoms with van der Waals surface area (Å²) in [5, 5.41) is 8.86. The predicted octanol–water partition coefficient (Wildman–Crippen LogP) is 1.94. The van der Waals surface area contributed by atoms with Crippen LogP contribution >= 0.6 is 0 Å². The second-order valence-electron chi connectivity index (χ2n) is 6.92.